The SMILES string of the molecule is O=S(=O)(O)c1ccc(Nc2nc(Oc3ccccc3)nc(Oc3ccccc3)n2)c(S(=O)(=O)O)c1. The quantitative estimate of drug-likeness (QED) is 0.290. The van der Waals surface area contributed by atoms with E-state index in [1.165, 1.54) is 0 Å². The van der Waals surface area contributed by atoms with Gasteiger partial charge < -0.3 is 14.8 Å². The van der Waals surface area contributed by atoms with Crippen LogP contribution in [0.1, 0.15) is 0 Å². The molecule has 0 unspecified atom stereocenters. The summed E-state index contributed by atoms with van der Waals surface area (Å²) < 4.78 is 76.7. The van der Waals surface area contributed by atoms with Gasteiger partial charge in [-0.3, -0.25) is 9.11 Å². The maximum atomic E-state index is 11.9. The van der Waals surface area contributed by atoms with E-state index in [-0.39, 0.29) is 23.7 Å². The summed E-state index contributed by atoms with van der Waals surface area (Å²) in [5.74, 6) is 0.541. The zero-order valence-electron chi connectivity index (χ0n) is 17.5. The lowest BCUT2D eigenvalue weighted by Gasteiger charge is -2.12. The molecule has 35 heavy (non-hydrogen) atoms. The minimum absolute atomic E-state index is 0.206. The number of nitrogens with zero attached hydrogens (tertiary/aromatic N) is 3. The molecule has 3 aromatic carbocycles. The van der Waals surface area contributed by atoms with Gasteiger partial charge in [0, 0.05) is 0 Å². The van der Waals surface area contributed by atoms with Crippen LogP contribution in [-0.4, -0.2) is 40.9 Å². The third-order valence-electron chi connectivity index (χ3n) is 4.27. The maximum absolute atomic E-state index is 11.9. The highest BCUT2D eigenvalue weighted by Gasteiger charge is 2.22. The van der Waals surface area contributed by atoms with Crippen LogP contribution in [0.15, 0.2) is 88.7 Å². The highest BCUT2D eigenvalue weighted by Crippen LogP contribution is 2.29. The Bertz CT molecular complexity index is 1510. The first kappa shape index (κ1) is 24.0. The Hall–Kier alpha value is -4.11. The van der Waals surface area contributed by atoms with Crippen LogP contribution < -0.4 is 14.8 Å². The molecule has 4 rings (SSSR count). The smallest absolute Gasteiger partial charge is 0.330 e. The van der Waals surface area contributed by atoms with Crippen LogP contribution in [-0.2, 0) is 20.2 Å². The monoisotopic (exact) mass is 516 g/mol. The van der Waals surface area contributed by atoms with Crippen molar-refractivity contribution in [2.45, 2.75) is 9.79 Å². The number of para-hydroxylation sites is 2. The summed E-state index contributed by atoms with van der Waals surface area (Å²) >= 11 is 0. The van der Waals surface area contributed by atoms with Crippen molar-refractivity contribution in [2.75, 3.05) is 5.32 Å². The maximum Gasteiger partial charge on any atom is 0.330 e. The molecule has 0 aliphatic rings. The Kier molecular flexibility index (Phi) is 6.61. The van der Waals surface area contributed by atoms with Crippen LogP contribution in [0.25, 0.3) is 0 Å². The molecule has 0 amide bonds. The first-order chi connectivity index (χ1) is 16.6. The van der Waals surface area contributed by atoms with Crippen LogP contribution in [0.2, 0.25) is 0 Å². The second kappa shape index (κ2) is 9.63. The van der Waals surface area contributed by atoms with Gasteiger partial charge >= 0.3 is 12.0 Å². The topological polar surface area (TPSA) is 178 Å². The van der Waals surface area contributed by atoms with Gasteiger partial charge in [0.25, 0.3) is 20.2 Å². The van der Waals surface area contributed by atoms with E-state index in [2.05, 4.69) is 20.3 Å². The average molecular weight is 517 g/mol. The van der Waals surface area contributed by atoms with E-state index in [1.807, 2.05) is 0 Å². The molecule has 0 fully saturated rings. The van der Waals surface area contributed by atoms with Crippen molar-refractivity contribution in [1.82, 2.24) is 15.0 Å². The molecule has 1 aromatic heterocycles. The third-order valence-corrected chi connectivity index (χ3v) is 6.02. The Balaban J connectivity index is 1.76. The van der Waals surface area contributed by atoms with E-state index in [1.54, 1.807) is 60.7 Å². The summed E-state index contributed by atoms with van der Waals surface area (Å²) in [5.41, 5.74) is -0.289. The summed E-state index contributed by atoms with van der Waals surface area (Å²) in [5, 5.41) is 2.57. The fraction of sp³-hybridized carbons (Fsp3) is 0. The van der Waals surface area contributed by atoms with Gasteiger partial charge in [-0.15, -0.1) is 4.98 Å². The van der Waals surface area contributed by atoms with Crippen molar-refractivity contribution in [3.8, 4) is 23.5 Å². The molecule has 0 aliphatic carbocycles. The van der Waals surface area contributed by atoms with Crippen molar-refractivity contribution in [3.05, 3.63) is 78.9 Å². The van der Waals surface area contributed by atoms with Crippen LogP contribution in [0.3, 0.4) is 0 Å². The lowest BCUT2D eigenvalue weighted by Crippen LogP contribution is -2.09. The van der Waals surface area contributed by atoms with E-state index in [9.17, 15) is 25.9 Å². The standard InChI is InChI=1S/C21H16N4O8S2/c26-34(27,28)16-11-12-17(18(13-16)35(29,30)31)22-19-23-20(32-14-7-3-1-4-8-14)25-21(24-19)33-15-9-5-2-6-10-15/h1-13H,(H,26,27,28)(H,29,30,31)(H,22,23,24,25). The molecule has 12 nitrogen and oxygen atoms in total. The number of hydrogen-bond acceptors (Lipinski definition) is 10. The zero-order chi connectivity index (χ0) is 25.1. The second-order valence-electron chi connectivity index (χ2n) is 6.79. The van der Waals surface area contributed by atoms with E-state index in [4.69, 9.17) is 9.47 Å². The van der Waals surface area contributed by atoms with Crippen LogP contribution >= 0.6 is 0 Å². The molecule has 0 atom stereocenters. The number of anilines is 2. The van der Waals surface area contributed by atoms with E-state index in [0.29, 0.717) is 17.6 Å². The summed E-state index contributed by atoms with van der Waals surface area (Å²) in [7, 11) is -9.67. The summed E-state index contributed by atoms with van der Waals surface area (Å²) in [4.78, 5) is 10.7. The number of ether oxygens (including phenoxy) is 2. The van der Waals surface area contributed by atoms with Gasteiger partial charge in [0.15, 0.2) is 0 Å². The van der Waals surface area contributed by atoms with E-state index < -0.39 is 30.0 Å². The third kappa shape index (κ3) is 6.27. The molecule has 3 N–H and O–H groups in total. The highest BCUT2D eigenvalue weighted by atomic mass is 32.2. The summed E-state index contributed by atoms with van der Waals surface area (Å²) in [6.07, 6.45) is 0. The first-order valence-corrected chi connectivity index (χ1v) is 12.5. The number of hydrogen-bond donors (Lipinski definition) is 3. The van der Waals surface area contributed by atoms with Crippen molar-refractivity contribution in [3.63, 3.8) is 0 Å². The van der Waals surface area contributed by atoms with Crippen molar-refractivity contribution >= 4 is 31.9 Å². The van der Waals surface area contributed by atoms with Gasteiger partial charge in [-0.1, -0.05) is 36.4 Å². The Morgan fingerprint density at radius 3 is 1.63 bits per heavy atom. The van der Waals surface area contributed by atoms with Gasteiger partial charge in [0.05, 0.1) is 10.6 Å². The molecule has 14 heteroatoms. The van der Waals surface area contributed by atoms with Crippen molar-refractivity contribution in [2.24, 2.45) is 0 Å². The lowest BCUT2D eigenvalue weighted by atomic mass is 10.3. The highest BCUT2D eigenvalue weighted by molar-refractivity contribution is 7.86. The normalized spacial score (nSPS) is 11.6. The lowest BCUT2D eigenvalue weighted by molar-refractivity contribution is 0.399. The van der Waals surface area contributed by atoms with Crippen LogP contribution in [0.5, 0.6) is 23.5 Å². The molecular formula is C21H16N4O8S2. The molecule has 0 radical (unpaired) electrons. The fourth-order valence-electron chi connectivity index (χ4n) is 2.77. The van der Waals surface area contributed by atoms with Crippen LogP contribution in [0, 0.1) is 0 Å². The van der Waals surface area contributed by atoms with Gasteiger partial charge in [-0.2, -0.15) is 26.8 Å². The summed E-state index contributed by atoms with van der Waals surface area (Å²) in [6.45, 7) is 0. The zero-order valence-corrected chi connectivity index (χ0v) is 19.1. The van der Waals surface area contributed by atoms with Crippen LogP contribution in [0.4, 0.5) is 11.6 Å². The molecule has 0 aliphatic heterocycles. The molecule has 180 valence electrons. The molecule has 1 heterocycles. The van der Waals surface area contributed by atoms with Crippen molar-refractivity contribution in [1.29, 1.82) is 0 Å². The molecule has 0 saturated heterocycles. The average Bonchev–Trinajstić information content (AvgIpc) is 2.79. The number of rotatable bonds is 8. The Morgan fingerprint density at radius 2 is 1.17 bits per heavy atom. The largest absolute Gasteiger partial charge is 0.424 e. The van der Waals surface area contributed by atoms with Gasteiger partial charge in [-0.05, 0) is 42.5 Å². The van der Waals surface area contributed by atoms with Gasteiger partial charge in [-0.25, -0.2) is 0 Å². The Morgan fingerprint density at radius 1 is 0.657 bits per heavy atom. The van der Waals surface area contributed by atoms with E-state index in [0.717, 1.165) is 12.1 Å². The second-order valence-corrected chi connectivity index (χ2v) is 9.60. The predicted molar refractivity (Wildman–Crippen MR) is 122 cm³/mol. The first-order valence-electron chi connectivity index (χ1n) is 9.66. The predicted octanol–water partition coefficient (Wildman–Crippen LogP) is 3.69. The molecule has 0 bridgehead atoms. The van der Waals surface area contributed by atoms with Gasteiger partial charge in [0.2, 0.25) is 5.95 Å². The van der Waals surface area contributed by atoms with E-state index >= 15 is 0 Å². The molecule has 0 saturated carbocycles. The van der Waals surface area contributed by atoms with Gasteiger partial charge in [0.1, 0.15) is 16.4 Å². The minimum atomic E-state index is -4.93. The number of aromatic nitrogens is 3. The molecular weight excluding hydrogens is 500 g/mol. The molecule has 0 spiro atoms. The molecule has 4 aromatic rings. The van der Waals surface area contributed by atoms with Crippen molar-refractivity contribution < 1.29 is 35.4 Å². The fourth-order valence-corrected chi connectivity index (χ4v) is 4.03. The summed E-state index contributed by atoms with van der Waals surface area (Å²) in [6, 6.07) is 19.2. The Labute approximate surface area is 199 Å². The number of nitrogens with one attached hydrogen (secondary N) is 1. The minimum Gasteiger partial charge on any atom is -0.424 e. The number of benzene rings is 3.